The van der Waals surface area contributed by atoms with E-state index in [1.807, 2.05) is 0 Å². The Kier molecular flexibility index (Phi) is 10.5. The van der Waals surface area contributed by atoms with Crippen molar-refractivity contribution in [3.05, 3.63) is 35.4 Å². The summed E-state index contributed by atoms with van der Waals surface area (Å²) in [6.45, 7) is 9.62. The number of benzene rings is 1. The zero-order chi connectivity index (χ0) is 17.1. The summed E-state index contributed by atoms with van der Waals surface area (Å²) in [4.78, 5) is 0. The molecule has 0 aliphatic heterocycles. The Balaban J connectivity index is 3.09. The minimum absolute atomic E-state index is 0.797. The highest BCUT2D eigenvalue weighted by molar-refractivity contribution is 9.08. The van der Waals surface area contributed by atoms with E-state index in [0.29, 0.717) is 0 Å². The van der Waals surface area contributed by atoms with Crippen LogP contribution in [0.15, 0.2) is 24.3 Å². The molecule has 0 aromatic heterocycles. The molecule has 0 radical (unpaired) electrons. The van der Waals surface area contributed by atoms with Crippen molar-refractivity contribution in [3.8, 4) is 0 Å². The number of hydrogen-bond acceptors (Lipinski definition) is 0. The van der Waals surface area contributed by atoms with Gasteiger partial charge in [-0.1, -0.05) is 125 Å². The fourth-order valence-corrected chi connectivity index (χ4v) is 10.4. The van der Waals surface area contributed by atoms with Gasteiger partial charge < -0.3 is 0 Å². The monoisotopic (exact) mass is 396 g/mol. The van der Waals surface area contributed by atoms with Gasteiger partial charge >= 0.3 is 0 Å². The molecular formula is C21H37BrSi. The van der Waals surface area contributed by atoms with Crippen LogP contribution in [0.5, 0.6) is 0 Å². The van der Waals surface area contributed by atoms with Crippen LogP contribution in [0, 0.1) is 0 Å². The second-order valence-electron chi connectivity index (χ2n) is 7.27. The van der Waals surface area contributed by atoms with Gasteiger partial charge in [0.05, 0.1) is 8.07 Å². The molecule has 1 unspecified atom stereocenters. The summed E-state index contributed by atoms with van der Waals surface area (Å²) in [5.74, 6) is 0. The maximum absolute atomic E-state index is 3.63. The van der Waals surface area contributed by atoms with E-state index in [4.69, 9.17) is 0 Å². The highest BCUT2D eigenvalue weighted by Crippen LogP contribution is 2.40. The normalized spacial score (nSPS) is 13.3. The fraction of sp³-hybridized carbons (Fsp3) is 0.714. The van der Waals surface area contributed by atoms with Crippen LogP contribution in [0.25, 0.3) is 0 Å². The second-order valence-corrected chi connectivity index (χ2v) is 12.9. The van der Waals surface area contributed by atoms with Gasteiger partial charge in [-0.25, -0.2) is 0 Å². The maximum atomic E-state index is 3.63. The third-order valence-electron chi connectivity index (χ3n) is 5.61. The van der Waals surface area contributed by atoms with E-state index in [1.165, 1.54) is 62.2 Å². The lowest BCUT2D eigenvalue weighted by molar-refractivity contribution is 0.761. The molecule has 1 aromatic rings. The van der Waals surface area contributed by atoms with Gasteiger partial charge in [0.1, 0.15) is 0 Å². The van der Waals surface area contributed by atoms with E-state index in [9.17, 15) is 0 Å². The molecule has 0 bridgehead atoms. The predicted octanol–water partition coefficient (Wildman–Crippen LogP) is 8.07. The zero-order valence-electron chi connectivity index (χ0n) is 15.8. The minimum Gasteiger partial charge on any atom is -0.0876 e. The van der Waals surface area contributed by atoms with E-state index in [-0.39, 0.29) is 0 Å². The Morgan fingerprint density at radius 3 is 1.87 bits per heavy atom. The standard InChI is InChI=1S/C21H37BrSi/c1-5-8-14-23(15-9-6-2,16-10-7-3)19(4)21-13-11-12-20(17-21)18-22/h11-13,17,19H,5-10,14-16,18H2,1-4H3. The number of rotatable bonds is 12. The van der Waals surface area contributed by atoms with Crippen molar-refractivity contribution >= 4 is 24.0 Å². The van der Waals surface area contributed by atoms with Gasteiger partial charge in [0.25, 0.3) is 0 Å². The largest absolute Gasteiger partial charge is 0.0876 e. The van der Waals surface area contributed by atoms with Crippen LogP contribution in [0.3, 0.4) is 0 Å². The first-order chi connectivity index (χ1) is 11.1. The molecule has 0 saturated carbocycles. The highest BCUT2D eigenvalue weighted by atomic mass is 79.9. The van der Waals surface area contributed by atoms with E-state index in [0.717, 1.165) is 10.9 Å². The van der Waals surface area contributed by atoms with Crippen LogP contribution in [0.1, 0.15) is 82.9 Å². The number of hydrogen-bond donors (Lipinski definition) is 0. The molecular weight excluding hydrogens is 360 g/mol. The van der Waals surface area contributed by atoms with Gasteiger partial charge in [-0.15, -0.1) is 0 Å². The van der Waals surface area contributed by atoms with Crippen LogP contribution < -0.4 is 0 Å². The van der Waals surface area contributed by atoms with Crippen molar-refractivity contribution < 1.29 is 0 Å². The molecule has 0 N–H and O–H groups in total. The molecule has 0 fully saturated rings. The predicted molar refractivity (Wildman–Crippen MR) is 112 cm³/mol. The summed E-state index contributed by atoms with van der Waals surface area (Å²) in [6.07, 6.45) is 8.34. The van der Waals surface area contributed by atoms with Gasteiger partial charge in [-0.2, -0.15) is 0 Å². The molecule has 0 amide bonds. The van der Waals surface area contributed by atoms with Crippen LogP contribution in [-0.2, 0) is 5.33 Å². The Hall–Kier alpha value is -0.0831. The third-order valence-corrected chi connectivity index (χ3v) is 12.5. The Labute approximate surface area is 154 Å². The highest BCUT2D eigenvalue weighted by Gasteiger charge is 2.37. The topological polar surface area (TPSA) is 0 Å². The summed E-state index contributed by atoms with van der Waals surface area (Å²) in [6, 6.07) is 14.0. The molecule has 0 nitrogen and oxygen atoms in total. The molecule has 2 heteroatoms. The van der Waals surface area contributed by atoms with Crippen LogP contribution in [0.4, 0.5) is 0 Å². The summed E-state index contributed by atoms with van der Waals surface area (Å²) in [7, 11) is -1.25. The molecule has 0 heterocycles. The zero-order valence-corrected chi connectivity index (χ0v) is 18.4. The van der Waals surface area contributed by atoms with Crippen molar-refractivity contribution in [1.82, 2.24) is 0 Å². The summed E-state index contributed by atoms with van der Waals surface area (Å²) >= 11 is 3.63. The fourth-order valence-electron chi connectivity index (χ4n) is 3.91. The van der Waals surface area contributed by atoms with E-state index < -0.39 is 8.07 Å². The molecule has 0 aliphatic carbocycles. The van der Waals surface area contributed by atoms with Crippen molar-refractivity contribution in [2.45, 2.75) is 95.2 Å². The average molecular weight is 398 g/mol. The van der Waals surface area contributed by atoms with E-state index in [2.05, 4.69) is 67.9 Å². The van der Waals surface area contributed by atoms with Gasteiger partial charge in [0.2, 0.25) is 0 Å². The summed E-state index contributed by atoms with van der Waals surface area (Å²) in [5.41, 5.74) is 3.84. The van der Waals surface area contributed by atoms with Crippen LogP contribution in [-0.4, -0.2) is 8.07 Å². The number of alkyl halides is 1. The maximum Gasteiger partial charge on any atom is 0.0609 e. The first-order valence-electron chi connectivity index (χ1n) is 9.78. The van der Waals surface area contributed by atoms with Gasteiger partial charge in [0.15, 0.2) is 0 Å². The van der Waals surface area contributed by atoms with Crippen LogP contribution >= 0.6 is 15.9 Å². The lowest BCUT2D eigenvalue weighted by atomic mass is 10.1. The Bertz CT molecular complexity index is 408. The molecule has 1 atom stereocenters. The first kappa shape index (κ1) is 21.0. The van der Waals surface area contributed by atoms with Crippen molar-refractivity contribution in [2.24, 2.45) is 0 Å². The smallest absolute Gasteiger partial charge is 0.0609 e. The summed E-state index contributed by atoms with van der Waals surface area (Å²) in [5, 5.41) is 0.973. The van der Waals surface area contributed by atoms with Gasteiger partial charge in [-0.3, -0.25) is 0 Å². The van der Waals surface area contributed by atoms with Crippen molar-refractivity contribution in [2.75, 3.05) is 0 Å². The molecule has 1 aromatic carbocycles. The molecule has 132 valence electrons. The average Bonchev–Trinajstić information content (AvgIpc) is 2.61. The molecule has 0 saturated heterocycles. The van der Waals surface area contributed by atoms with E-state index >= 15 is 0 Å². The molecule has 23 heavy (non-hydrogen) atoms. The first-order valence-corrected chi connectivity index (χ1v) is 13.6. The summed E-state index contributed by atoms with van der Waals surface area (Å²) < 4.78 is 0. The third kappa shape index (κ3) is 6.38. The molecule has 1 rings (SSSR count). The molecule has 0 spiro atoms. The SMILES string of the molecule is CCCC[Si](CCCC)(CCCC)C(C)c1cccc(CBr)c1. The van der Waals surface area contributed by atoms with Crippen molar-refractivity contribution in [1.29, 1.82) is 0 Å². The Morgan fingerprint density at radius 2 is 1.43 bits per heavy atom. The van der Waals surface area contributed by atoms with Crippen LogP contribution in [0.2, 0.25) is 18.1 Å². The lowest BCUT2D eigenvalue weighted by Crippen LogP contribution is -2.40. The molecule has 0 aliphatic rings. The second kappa shape index (κ2) is 11.5. The number of unbranched alkanes of at least 4 members (excludes halogenated alkanes) is 3. The lowest BCUT2D eigenvalue weighted by Gasteiger charge is -2.39. The van der Waals surface area contributed by atoms with Crippen molar-refractivity contribution in [3.63, 3.8) is 0 Å². The van der Waals surface area contributed by atoms with Gasteiger partial charge in [0, 0.05) is 5.33 Å². The van der Waals surface area contributed by atoms with Gasteiger partial charge in [-0.05, 0) is 16.7 Å². The minimum atomic E-state index is -1.25. The van der Waals surface area contributed by atoms with E-state index in [1.54, 1.807) is 5.56 Å². The number of halogens is 1. The Morgan fingerprint density at radius 1 is 0.913 bits per heavy atom. The quantitative estimate of drug-likeness (QED) is 0.247.